The highest BCUT2D eigenvalue weighted by atomic mass is 35.5. The molecule has 3 heterocycles. The molecule has 0 fully saturated rings. The molecule has 10 heteroatoms. The maximum Gasteiger partial charge on any atom is 0.225 e. The SMILES string of the molecule is COc1ccc(COc2cnc3ccc(-c4cn(COCC[Si](C)(C)C)c5nc(Cl)nc(Cl)c45)cc3c2)cc1. The van der Waals surface area contributed by atoms with Crippen LogP contribution in [0.4, 0.5) is 0 Å². The van der Waals surface area contributed by atoms with Crippen molar-refractivity contribution in [1.82, 2.24) is 19.5 Å². The fourth-order valence-corrected chi connectivity index (χ4v) is 5.45. The van der Waals surface area contributed by atoms with Gasteiger partial charge in [0.05, 0.1) is 24.2 Å². The highest BCUT2D eigenvalue weighted by Crippen LogP contribution is 2.36. The fourth-order valence-electron chi connectivity index (χ4n) is 4.22. The number of ether oxygens (including phenoxy) is 3. The van der Waals surface area contributed by atoms with E-state index in [0.29, 0.717) is 36.5 Å². The van der Waals surface area contributed by atoms with Gasteiger partial charge in [-0.2, -0.15) is 4.98 Å². The van der Waals surface area contributed by atoms with Crippen LogP contribution in [0.2, 0.25) is 36.1 Å². The van der Waals surface area contributed by atoms with Crippen molar-refractivity contribution in [3.8, 4) is 22.6 Å². The van der Waals surface area contributed by atoms with Crippen LogP contribution in [0.5, 0.6) is 11.5 Å². The van der Waals surface area contributed by atoms with Crippen molar-refractivity contribution in [3.05, 3.63) is 76.9 Å². The second kappa shape index (κ2) is 11.5. The Morgan fingerprint density at radius 2 is 1.74 bits per heavy atom. The van der Waals surface area contributed by atoms with E-state index in [0.717, 1.165) is 44.8 Å². The molecule has 0 N–H and O–H groups in total. The van der Waals surface area contributed by atoms with Gasteiger partial charge in [-0.25, -0.2) is 4.98 Å². The maximum atomic E-state index is 6.59. The largest absolute Gasteiger partial charge is 0.497 e. The summed E-state index contributed by atoms with van der Waals surface area (Å²) in [4.78, 5) is 13.3. The summed E-state index contributed by atoms with van der Waals surface area (Å²) in [5.41, 5.74) is 4.39. The number of rotatable bonds is 10. The second-order valence-corrected chi connectivity index (χ2v) is 16.9. The molecule has 5 aromatic rings. The molecule has 0 radical (unpaired) electrons. The molecule has 0 unspecified atom stereocenters. The first-order valence-corrected chi connectivity index (χ1v) is 17.1. The number of aromatic nitrogens is 4. The van der Waals surface area contributed by atoms with Gasteiger partial charge in [-0.1, -0.05) is 49.4 Å². The van der Waals surface area contributed by atoms with Crippen LogP contribution in [0.15, 0.2) is 60.9 Å². The van der Waals surface area contributed by atoms with Crippen molar-refractivity contribution in [1.29, 1.82) is 0 Å². The molecule has 0 bridgehead atoms. The average Bonchev–Trinajstić information content (AvgIpc) is 3.28. The van der Waals surface area contributed by atoms with E-state index >= 15 is 0 Å². The molecular weight excluding hydrogens is 551 g/mol. The summed E-state index contributed by atoms with van der Waals surface area (Å²) < 4.78 is 19.2. The Morgan fingerprint density at radius 1 is 0.949 bits per heavy atom. The first-order chi connectivity index (χ1) is 18.7. The predicted molar refractivity (Wildman–Crippen MR) is 160 cm³/mol. The van der Waals surface area contributed by atoms with E-state index in [4.69, 9.17) is 37.4 Å². The third kappa shape index (κ3) is 6.53. The minimum Gasteiger partial charge on any atom is -0.497 e. The Bertz CT molecular complexity index is 1620. The van der Waals surface area contributed by atoms with Gasteiger partial charge < -0.3 is 18.8 Å². The van der Waals surface area contributed by atoms with Crippen LogP contribution in [0.1, 0.15) is 5.56 Å². The van der Waals surface area contributed by atoms with Crippen molar-refractivity contribution in [2.75, 3.05) is 13.7 Å². The molecule has 3 aromatic heterocycles. The highest BCUT2D eigenvalue weighted by Gasteiger charge is 2.18. The zero-order valence-corrected chi connectivity index (χ0v) is 24.9. The van der Waals surface area contributed by atoms with E-state index < -0.39 is 8.07 Å². The number of fused-ring (bicyclic) bond motifs is 2. The Balaban J connectivity index is 1.43. The number of halogens is 2. The molecule has 0 saturated heterocycles. The van der Waals surface area contributed by atoms with E-state index in [1.165, 1.54) is 0 Å². The van der Waals surface area contributed by atoms with E-state index in [2.05, 4.69) is 40.7 Å². The Morgan fingerprint density at radius 3 is 2.49 bits per heavy atom. The predicted octanol–water partition coefficient (Wildman–Crippen LogP) is 7.85. The van der Waals surface area contributed by atoms with Crippen LogP contribution in [-0.2, 0) is 18.1 Å². The lowest BCUT2D eigenvalue weighted by Crippen LogP contribution is -2.22. The lowest BCUT2D eigenvalue weighted by molar-refractivity contribution is 0.0899. The van der Waals surface area contributed by atoms with Crippen molar-refractivity contribution in [3.63, 3.8) is 0 Å². The van der Waals surface area contributed by atoms with Crippen molar-refractivity contribution in [2.24, 2.45) is 0 Å². The zero-order valence-electron chi connectivity index (χ0n) is 22.4. The average molecular weight is 582 g/mol. The molecule has 0 amide bonds. The van der Waals surface area contributed by atoms with Crippen molar-refractivity contribution in [2.45, 2.75) is 39.0 Å². The summed E-state index contributed by atoms with van der Waals surface area (Å²) in [5, 5.41) is 2.07. The molecule has 0 aliphatic carbocycles. The van der Waals surface area contributed by atoms with Gasteiger partial charge in [-0.3, -0.25) is 4.98 Å². The van der Waals surface area contributed by atoms with Gasteiger partial charge >= 0.3 is 0 Å². The number of hydrogen-bond donors (Lipinski definition) is 0. The molecule has 0 spiro atoms. The Hall–Kier alpha value is -3.17. The van der Waals surface area contributed by atoms with E-state index in [1.807, 2.05) is 53.2 Å². The van der Waals surface area contributed by atoms with Crippen LogP contribution in [0.25, 0.3) is 33.1 Å². The summed E-state index contributed by atoms with van der Waals surface area (Å²) in [6.45, 7) is 8.46. The van der Waals surface area contributed by atoms with E-state index in [9.17, 15) is 0 Å². The van der Waals surface area contributed by atoms with Crippen LogP contribution in [0, 0.1) is 0 Å². The monoisotopic (exact) mass is 580 g/mol. The molecule has 7 nitrogen and oxygen atoms in total. The summed E-state index contributed by atoms with van der Waals surface area (Å²) >= 11 is 12.8. The molecular formula is C29H30Cl2N4O3Si. The minimum absolute atomic E-state index is 0.0989. The zero-order chi connectivity index (χ0) is 27.6. The number of hydrogen-bond acceptors (Lipinski definition) is 6. The van der Waals surface area contributed by atoms with Gasteiger partial charge in [0.1, 0.15) is 35.6 Å². The lowest BCUT2D eigenvalue weighted by atomic mass is 10.0. The molecule has 0 saturated carbocycles. The third-order valence-corrected chi connectivity index (χ3v) is 8.55. The summed E-state index contributed by atoms with van der Waals surface area (Å²) in [6.07, 6.45) is 3.73. The van der Waals surface area contributed by atoms with E-state index in [1.54, 1.807) is 13.3 Å². The smallest absolute Gasteiger partial charge is 0.225 e. The first-order valence-electron chi connectivity index (χ1n) is 12.7. The van der Waals surface area contributed by atoms with Gasteiger partial charge in [0.15, 0.2) is 0 Å². The van der Waals surface area contributed by atoms with Gasteiger partial charge in [-0.15, -0.1) is 0 Å². The third-order valence-electron chi connectivity index (χ3n) is 6.40. The molecule has 202 valence electrons. The lowest BCUT2D eigenvalue weighted by Gasteiger charge is -2.15. The Labute approximate surface area is 238 Å². The highest BCUT2D eigenvalue weighted by molar-refractivity contribution is 6.76. The fraction of sp³-hybridized carbons (Fsp3) is 0.276. The van der Waals surface area contributed by atoms with Gasteiger partial charge in [0.25, 0.3) is 0 Å². The molecule has 0 aliphatic heterocycles. The summed E-state index contributed by atoms with van der Waals surface area (Å²) in [7, 11) is 0.452. The quantitative estimate of drug-likeness (QED) is 0.0724. The standard InChI is InChI=1S/C29H30Cl2N4O3Si/c1-36-22-8-5-19(6-9-22)17-38-23-14-21-13-20(7-10-25(21)32-15-23)24-16-35(18-37-11-12-39(2,3)4)28-26(24)27(30)33-29(31)34-28/h5-10,13-16H,11-12,17-18H2,1-4H3. The summed E-state index contributed by atoms with van der Waals surface area (Å²) in [5.74, 6) is 1.49. The molecule has 5 rings (SSSR count). The van der Waals surface area contributed by atoms with Crippen LogP contribution < -0.4 is 9.47 Å². The van der Waals surface area contributed by atoms with Crippen LogP contribution in [0.3, 0.4) is 0 Å². The molecule has 0 aliphatic rings. The second-order valence-electron chi connectivity index (χ2n) is 10.6. The van der Waals surface area contributed by atoms with Crippen LogP contribution >= 0.6 is 23.2 Å². The minimum atomic E-state index is -1.20. The number of methoxy groups -OCH3 is 1. The van der Waals surface area contributed by atoms with Gasteiger partial charge in [0, 0.05) is 31.8 Å². The molecule has 0 atom stereocenters. The van der Waals surface area contributed by atoms with Crippen molar-refractivity contribution < 1.29 is 14.2 Å². The number of pyridine rings is 1. The first kappa shape index (κ1) is 27.4. The van der Waals surface area contributed by atoms with Crippen molar-refractivity contribution >= 4 is 53.2 Å². The van der Waals surface area contributed by atoms with Crippen LogP contribution in [-0.4, -0.2) is 41.3 Å². The maximum absolute atomic E-state index is 6.59. The molecule has 39 heavy (non-hydrogen) atoms. The van der Waals surface area contributed by atoms with E-state index in [-0.39, 0.29) is 5.28 Å². The summed E-state index contributed by atoms with van der Waals surface area (Å²) in [6, 6.07) is 16.9. The van der Waals surface area contributed by atoms with Gasteiger partial charge in [-0.05, 0) is 59.1 Å². The molecule has 2 aromatic carbocycles. The number of benzene rings is 2. The van der Waals surface area contributed by atoms with Gasteiger partial charge in [0.2, 0.25) is 5.28 Å². The topological polar surface area (TPSA) is 71.3 Å². The Kier molecular flexibility index (Phi) is 8.09. The normalized spacial score (nSPS) is 11.8. The number of nitrogens with zero attached hydrogens (tertiary/aromatic N) is 4.